The van der Waals surface area contributed by atoms with Crippen LogP contribution in [-0.4, -0.2) is 28.5 Å². The highest BCUT2D eigenvalue weighted by atomic mass is 16.5. The summed E-state index contributed by atoms with van der Waals surface area (Å²) in [4.78, 5) is 17.6. The molecule has 1 aliphatic rings. The number of imidazole rings is 1. The van der Waals surface area contributed by atoms with Gasteiger partial charge in [-0.05, 0) is 30.2 Å². The molecule has 3 aromatic rings. The van der Waals surface area contributed by atoms with Crippen molar-refractivity contribution in [2.75, 3.05) is 13.2 Å². The number of aromatic nitrogens is 2. The lowest BCUT2D eigenvalue weighted by molar-refractivity contribution is 0.0975. The number of benzene rings is 2. The number of hydrogen-bond acceptors (Lipinski definition) is 4. The number of hydrogen-bond donors (Lipinski definition) is 0. The van der Waals surface area contributed by atoms with Crippen molar-refractivity contribution >= 4 is 16.8 Å². The van der Waals surface area contributed by atoms with Gasteiger partial charge in [-0.25, -0.2) is 4.98 Å². The van der Waals surface area contributed by atoms with Crippen LogP contribution in [0.25, 0.3) is 11.0 Å². The Hall–Kier alpha value is -2.97. The maximum atomic E-state index is 13.1. The molecule has 1 saturated heterocycles. The number of fused-ring (bicyclic) bond motifs is 1. The van der Waals surface area contributed by atoms with E-state index in [-0.39, 0.29) is 5.78 Å². The second-order valence-corrected chi connectivity index (χ2v) is 6.63. The number of nitriles is 1. The van der Waals surface area contributed by atoms with Gasteiger partial charge in [0.1, 0.15) is 5.82 Å². The molecule has 2 aromatic carbocycles. The van der Waals surface area contributed by atoms with E-state index >= 15 is 0 Å². The van der Waals surface area contributed by atoms with Gasteiger partial charge < -0.3 is 9.30 Å². The minimum atomic E-state index is -0.928. The summed E-state index contributed by atoms with van der Waals surface area (Å²) in [6, 6.07) is 17.4. The average molecular weight is 345 g/mol. The topological polar surface area (TPSA) is 67.9 Å². The zero-order valence-electron chi connectivity index (χ0n) is 14.6. The molecule has 0 bridgehead atoms. The fraction of sp³-hybridized carbons (Fsp3) is 0.286. The summed E-state index contributed by atoms with van der Waals surface area (Å²) in [7, 11) is 1.84. The smallest absolute Gasteiger partial charge is 0.187 e. The Kier molecular flexibility index (Phi) is 4.27. The lowest BCUT2D eigenvalue weighted by Gasteiger charge is -2.12. The number of carbonyl (C=O) groups excluding carboxylic acids is 1. The molecule has 2 heterocycles. The first kappa shape index (κ1) is 16.5. The van der Waals surface area contributed by atoms with Crippen LogP contribution >= 0.6 is 0 Å². The van der Waals surface area contributed by atoms with Gasteiger partial charge in [0.2, 0.25) is 0 Å². The molecule has 5 heteroatoms. The van der Waals surface area contributed by atoms with Gasteiger partial charge in [-0.1, -0.05) is 30.3 Å². The Balaban J connectivity index is 1.70. The summed E-state index contributed by atoms with van der Waals surface area (Å²) < 4.78 is 7.28. The summed E-state index contributed by atoms with van der Waals surface area (Å²) in [6.07, 6.45) is 0.962. The Morgan fingerprint density at radius 2 is 2.15 bits per heavy atom. The van der Waals surface area contributed by atoms with Crippen LogP contribution in [0.1, 0.15) is 40.0 Å². The third-order valence-electron chi connectivity index (χ3n) is 5.04. The van der Waals surface area contributed by atoms with E-state index in [0.717, 1.165) is 29.6 Å². The normalized spacial score (nSPS) is 17.9. The molecule has 1 fully saturated rings. The summed E-state index contributed by atoms with van der Waals surface area (Å²) in [5.74, 6) is -0.346. The van der Waals surface area contributed by atoms with Crippen LogP contribution in [0.2, 0.25) is 0 Å². The van der Waals surface area contributed by atoms with Crippen molar-refractivity contribution in [3.05, 3.63) is 65.5 Å². The van der Waals surface area contributed by atoms with Crippen molar-refractivity contribution < 1.29 is 9.53 Å². The van der Waals surface area contributed by atoms with E-state index in [1.807, 2.05) is 54.1 Å². The molecule has 0 radical (unpaired) electrons. The predicted octanol–water partition coefficient (Wildman–Crippen LogP) is 3.57. The Morgan fingerprint density at radius 1 is 1.31 bits per heavy atom. The van der Waals surface area contributed by atoms with Crippen LogP contribution in [0, 0.1) is 11.3 Å². The van der Waals surface area contributed by atoms with Crippen LogP contribution in [0.15, 0.2) is 48.5 Å². The van der Waals surface area contributed by atoms with Gasteiger partial charge in [0.25, 0.3) is 0 Å². The minimum Gasteiger partial charge on any atom is -0.381 e. The second kappa shape index (κ2) is 6.74. The number of ketones is 1. The molecule has 0 N–H and O–H groups in total. The molecule has 1 aromatic heterocycles. The zero-order valence-corrected chi connectivity index (χ0v) is 14.6. The highest BCUT2D eigenvalue weighted by molar-refractivity contribution is 6.02. The first-order valence-electron chi connectivity index (χ1n) is 8.72. The molecule has 2 atom stereocenters. The molecule has 0 unspecified atom stereocenters. The number of carbonyl (C=O) groups is 1. The van der Waals surface area contributed by atoms with Gasteiger partial charge in [0, 0.05) is 25.1 Å². The van der Waals surface area contributed by atoms with Gasteiger partial charge in [0.05, 0.1) is 23.7 Å². The highest BCUT2D eigenvalue weighted by Crippen LogP contribution is 2.28. The molecule has 5 nitrogen and oxygen atoms in total. The largest absolute Gasteiger partial charge is 0.381 e. The molecule has 0 spiro atoms. The molecule has 0 amide bonds. The van der Waals surface area contributed by atoms with Gasteiger partial charge in [-0.15, -0.1) is 0 Å². The fourth-order valence-corrected chi connectivity index (χ4v) is 3.57. The van der Waals surface area contributed by atoms with Gasteiger partial charge >= 0.3 is 0 Å². The molecule has 130 valence electrons. The van der Waals surface area contributed by atoms with Crippen LogP contribution in [0.5, 0.6) is 0 Å². The zero-order chi connectivity index (χ0) is 18.1. The van der Waals surface area contributed by atoms with E-state index in [4.69, 9.17) is 4.74 Å². The van der Waals surface area contributed by atoms with E-state index in [0.29, 0.717) is 23.9 Å². The first-order valence-corrected chi connectivity index (χ1v) is 8.72. The van der Waals surface area contributed by atoms with Crippen molar-refractivity contribution in [1.82, 2.24) is 9.55 Å². The standard InChI is InChI=1S/C21H19N3O2/c1-24-19-8-3-2-7-18(19)23-21(24)17(12-22)20(25)15-6-4-5-14(11-15)16-9-10-26-13-16/h2-8,11,16-17H,9-10,13H2,1H3/t16-,17+/m1/s1. The molecule has 26 heavy (non-hydrogen) atoms. The van der Waals surface area contributed by atoms with E-state index in [1.165, 1.54) is 0 Å². The average Bonchev–Trinajstić information content (AvgIpc) is 3.32. The van der Waals surface area contributed by atoms with Crippen molar-refractivity contribution in [3.63, 3.8) is 0 Å². The quantitative estimate of drug-likeness (QED) is 0.678. The third-order valence-corrected chi connectivity index (χ3v) is 5.04. The predicted molar refractivity (Wildman–Crippen MR) is 98.0 cm³/mol. The van der Waals surface area contributed by atoms with Crippen molar-refractivity contribution in [2.45, 2.75) is 18.3 Å². The SMILES string of the molecule is Cn1c([C@@H](C#N)C(=O)c2cccc([C@@H]3CCOC3)c2)nc2ccccc21. The van der Waals surface area contributed by atoms with E-state index in [9.17, 15) is 10.1 Å². The molecule has 1 aliphatic heterocycles. The Bertz CT molecular complexity index is 1010. The van der Waals surface area contributed by atoms with Crippen LogP contribution < -0.4 is 0 Å². The monoisotopic (exact) mass is 345 g/mol. The van der Waals surface area contributed by atoms with Crippen LogP contribution in [-0.2, 0) is 11.8 Å². The minimum absolute atomic E-state index is 0.216. The number of ether oxygens (including phenoxy) is 1. The summed E-state index contributed by atoms with van der Waals surface area (Å²) >= 11 is 0. The maximum Gasteiger partial charge on any atom is 0.187 e. The molecular formula is C21H19N3O2. The maximum absolute atomic E-state index is 13.1. The second-order valence-electron chi connectivity index (χ2n) is 6.63. The summed E-state index contributed by atoms with van der Waals surface area (Å²) in [5, 5.41) is 9.70. The number of nitrogens with zero attached hydrogens (tertiary/aromatic N) is 3. The molecule has 4 rings (SSSR count). The number of rotatable bonds is 4. The summed E-state index contributed by atoms with van der Waals surface area (Å²) in [5.41, 5.74) is 3.34. The lowest BCUT2D eigenvalue weighted by Crippen LogP contribution is -2.16. The van der Waals surface area contributed by atoms with E-state index in [2.05, 4.69) is 11.1 Å². The molecule has 0 saturated carbocycles. The number of Topliss-reactive ketones (excluding diaryl/α,β-unsaturated/α-hetero) is 1. The Morgan fingerprint density at radius 3 is 2.88 bits per heavy atom. The lowest BCUT2D eigenvalue weighted by atomic mass is 9.92. The van der Waals surface area contributed by atoms with Crippen LogP contribution in [0.4, 0.5) is 0 Å². The van der Waals surface area contributed by atoms with Gasteiger partial charge in [-0.3, -0.25) is 4.79 Å². The highest BCUT2D eigenvalue weighted by Gasteiger charge is 2.28. The number of aryl methyl sites for hydroxylation is 1. The third kappa shape index (κ3) is 2.79. The van der Waals surface area contributed by atoms with Crippen molar-refractivity contribution in [3.8, 4) is 6.07 Å². The van der Waals surface area contributed by atoms with Crippen LogP contribution in [0.3, 0.4) is 0 Å². The molecule has 0 aliphatic carbocycles. The van der Waals surface area contributed by atoms with Crippen molar-refractivity contribution in [2.24, 2.45) is 7.05 Å². The van der Waals surface area contributed by atoms with Gasteiger partial charge in [-0.2, -0.15) is 5.26 Å². The van der Waals surface area contributed by atoms with E-state index in [1.54, 1.807) is 6.07 Å². The number of para-hydroxylation sites is 2. The van der Waals surface area contributed by atoms with Gasteiger partial charge in [0.15, 0.2) is 11.7 Å². The first-order chi connectivity index (χ1) is 12.7. The van der Waals surface area contributed by atoms with E-state index < -0.39 is 5.92 Å². The van der Waals surface area contributed by atoms with Crippen molar-refractivity contribution in [1.29, 1.82) is 5.26 Å². The summed E-state index contributed by atoms with van der Waals surface area (Å²) in [6.45, 7) is 1.44. The molecular weight excluding hydrogens is 326 g/mol. The Labute approximate surface area is 151 Å². The fourth-order valence-electron chi connectivity index (χ4n) is 3.57.